The third-order valence-electron chi connectivity index (χ3n) is 4.92. The minimum Gasteiger partial charge on any atom is -0.253 e. The van der Waals surface area contributed by atoms with Crippen LogP contribution in [0.4, 0.5) is 4.39 Å². The molecule has 1 nitrogen and oxygen atoms in total. The van der Waals surface area contributed by atoms with Crippen molar-refractivity contribution in [1.82, 2.24) is 4.98 Å². The first-order valence-corrected chi connectivity index (χ1v) is 8.40. The molecule has 0 radical (unpaired) electrons. The fourth-order valence-electron chi connectivity index (χ4n) is 3.53. The van der Waals surface area contributed by atoms with E-state index in [0.29, 0.717) is 12.3 Å². The monoisotopic (exact) mass is 297 g/mol. The smallest absolute Gasteiger partial charge is 0.104 e. The van der Waals surface area contributed by atoms with E-state index >= 15 is 0 Å². The molecule has 22 heavy (non-hydrogen) atoms. The number of fused-ring (bicyclic) bond motifs is 1. The molecule has 0 amide bonds. The van der Waals surface area contributed by atoms with Crippen LogP contribution in [0.3, 0.4) is 0 Å². The highest BCUT2D eigenvalue weighted by molar-refractivity contribution is 5.86. The Bertz CT molecular complexity index is 730. The van der Waals surface area contributed by atoms with Crippen molar-refractivity contribution in [2.45, 2.75) is 52.9 Å². The summed E-state index contributed by atoms with van der Waals surface area (Å²) in [7, 11) is 0. The first-order valence-electron chi connectivity index (χ1n) is 8.40. The van der Waals surface area contributed by atoms with Crippen molar-refractivity contribution in [3.8, 4) is 0 Å². The standard InChI is InChI=1S/C20H24FN/c1-4-14-6-8-19(21)17(11-14)16-7-9-20-18(12-16)15(5-2)10-13(3)22-20/h7,9-10,12,14H,4-6,8,11H2,1-3H3. The van der Waals surface area contributed by atoms with Gasteiger partial charge in [0, 0.05) is 11.1 Å². The Kier molecular flexibility index (Phi) is 4.28. The molecule has 0 fully saturated rings. The Hall–Kier alpha value is -1.70. The number of benzene rings is 1. The summed E-state index contributed by atoms with van der Waals surface area (Å²) in [5.74, 6) is 0.703. The normalized spacial score (nSPS) is 19.0. The number of rotatable bonds is 3. The van der Waals surface area contributed by atoms with Gasteiger partial charge in [0.2, 0.25) is 0 Å². The van der Waals surface area contributed by atoms with Crippen LogP contribution in [-0.4, -0.2) is 4.98 Å². The molecule has 116 valence electrons. The quantitative estimate of drug-likeness (QED) is 0.677. The second kappa shape index (κ2) is 6.20. The van der Waals surface area contributed by atoms with Gasteiger partial charge in [-0.05, 0) is 73.4 Å². The van der Waals surface area contributed by atoms with E-state index in [0.717, 1.165) is 48.0 Å². The number of halogens is 1. The third-order valence-corrected chi connectivity index (χ3v) is 4.92. The Labute approximate surface area is 132 Å². The number of nitrogens with zero attached hydrogens (tertiary/aromatic N) is 1. The predicted molar refractivity (Wildman–Crippen MR) is 91.5 cm³/mol. The Morgan fingerprint density at radius 1 is 1.23 bits per heavy atom. The number of aryl methyl sites for hydroxylation is 2. The SMILES string of the molecule is CCc1cc(C)nc2ccc(C3=C(F)CCC(CC)C3)cc12. The van der Waals surface area contributed by atoms with Crippen LogP contribution in [0.2, 0.25) is 0 Å². The summed E-state index contributed by atoms with van der Waals surface area (Å²) < 4.78 is 14.4. The fourth-order valence-corrected chi connectivity index (χ4v) is 3.53. The molecule has 3 rings (SSSR count). The molecule has 1 aromatic heterocycles. The highest BCUT2D eigenvalue weighted by Gasteiger charge is 2.21. The average molecular weight is 297 g/mol. The van der Waals surface area contributed by atoms with Crippen molar-refractivity contribution in [3.63, 3.8) is 0 Å². The van der Waals surface area contributed by atoms with E-state index in [-0.39, 0.29) is 5.83 Å². The zero-order valence-electron chi connectivity index (χ0n) is 13.7. The maximum Gasteiger partial charge on any atom is 0.104 e. The van der Waals surface area contributed by atoms with Gasteiger partial charge in [-0.1, -0.05) is 26.3 Å². The number of hydrogen-bond acceptors (Lipinski definition) is 1. The van der Waals surface area contributed by atoms with Crippen LogP contribution < -0.4 is 0 Å². The molecule has 0 saturated heterocycles. The van der Waals surface area contributed by atoms with Gasteiger partial charge in [-0.25, -0.2) is 4.39 Å². The summed E-state index contributed by atoms with van der Waals surface area (Å²) in [4.78, 5) is 4.61. The summed E-state index contributed by atoms with van der Waals surface area (Å²) in [5.41, 5.74) is 5.33. The minimum atomic E-state index is 0.0853. The van der Waals surface area contributed by atoms with Crippen molar-refractivity contribution in [3.05, 3.63) is 46.9 Å². The van der Waals surface area contributed by atoms with Crippen LogP contribution in [0.1, 0.15) is 56.4 Å². The molecule has 0 N–H and O–H groups in total. The van der Waals surface area contributed by atoms with Crippen LogP contribution >= 0.6 is 0 Å². The lowest BCUT2D eigenvalue weighted by Gasteiger charge is -2.23. The van der Waals surface area contributed by atoms with Gasteiger partial charge in [-0.2, -0.15) is 0 Å². The molecule has 1 aliphatic rings. The van der Waals surface area contributed by atoms with Crippen LogP contribution in [0.25, 0.3) is 16.5 Å². The number of aromatic nitrogens is 1. The van der Waals surface area contributed by atoms with Crippen molar-refractivity contribution in [2.24, 2.45) is 5.92 Å². The van der Waals surface area contributed by atoms with Gasteiger partial charge in [-0.15, -0.1) is 0 Å². The molecule has 1 aromatic carbocycles. The molecule has 1 aliphatic carbocycles. The van der Waals surface area contributed by atoms with Crippen LogP contribution in [0.15, 0.2) is 30.1 Å². The van der Waals surface area contributed by atoms with Crippen molar-refractivity contribution in [2.75, 3.05) is 0 Å². The van der Waals surface area contributed by atoms with E-state index < -0.39 is 0 Å². The second-order valence-corrected chi connectivity index (χ2v) is 6.41. The van der Waals surface area contributed by atoms with Gasteiger partial charge in [-0.3, -0.25) is 4.98 Å². The van der Waals surface area contributed by atoms with E-state index in [1.165, 1.54) is 10.9 Å². The van der Waals surface area contributed by atoms with E-state index in [4.69, 9.17) is 0 Å². The zero-order chi connectivity index (χ0) is 15.7. The highest BCUT2D eigenvalue weighted by atomic mass is 19.1. The first kappa shape index (κ1) is 15.2. The number of allylic oxidation sites excluding steroid dienone is 2. The molecule has 0 aliphatic heterocycles. The summed E-state index contributed by atoms with van der Waals surface area (Å²) >= 11 is 0. The van der Waals surface area contributed by atoms with Crippen molar-refractivity contribution in [1.29, 1.82) is 0 Å². The summed E-state index contributed by atoms with van der Waals surface area (Å²) in [6, 6.07) is 8.38. The summed E-state index contributed by atoms with van der Waals surface area (Å²) in [5, 5.41) is 1.17. The van der Waals surface area contributed by atoms with Crippen LogP contribution in [0, 0.1) is 12.8 Å². The van der Waals surface area contributed by atoms with Gasteiger partial charge in [0.05, 0.1) is 5.52 Å². The molecule has 0 saturated carbocycles. The maximum atomic E-state index is 14.4. The first-order chi connectivity index (χ1) is 10.6. The summed E-state index contributed by atoms with van der Waals surface area (Å²) in [6.07, 6.45) is 4.56. The second-order valence-electron chi connectivity index (χ2n) is 6.41. The van der Waals surface area contributed by atoms with Gasteiger partial charge >= 0.3 is 0 Å². The Morgan fingerprint density at radius 3 is 2.77 bits per heavy atom. The zero-order valence-corrected chi connectivity index (χ0v) is 13.7. The van der Waals surface area contributed by atoms with Crippen LogP contribution in [-0.2, 0) is 6.42 Å². The Morgan fingerprint density at radius 2 is 2.05 bits per heavy atom. The van der Waals surface area contributed by atoms with E-state index in [1.807, 2.05) is 19.1 Å². The lowest BCUT2D eigenvalue weighted by Crippen LogP contribution is -2.07. The van der Waals surface area contributed by atoms with Crippen LogP contribution in [0.5, 0.6) is 0 Å². The van der Waals surface area contributed by atoms with E-state index in [1.54, 1.807) is 0 Å². The molecule has 1 heterocycles. The molecule has 1 unspecified atom stereocenters. The van der Waals surface area contributed by atoms with E-state index in [9.17, 15) is 4.39 Å². The third kappa shape index (κ3) is 2.79. The van der Waals surface area contributed by atoms with Gasteiger partial charge in [0.1, 0.15) is 5.83 Å². The molecule has 0 bridgehead atoms. The lowest BCUT2D eigenvalue weighted by atomic mass is 9.83. The van der Waals surface area contributed by atoms with Crippen molar-refractivity contribution < 1.29 is 4.39 Å². The molecular weight excluding hydrogens is 273 g/mol. The summed E-state index contributed by atoms with van der Waals surface area (Å²) in [6.45, 7) is 6.39. The van der Waals surface area contributed by atoms with Gasteiger partial charge in [0.25, 0.3) is 0 Å². The van der Waals surface area contributed by atoms with E-state index in [2.05, 4.69) is 31.0 Å². The van der Waals surface area contributed by atoms with Gasteiger partial charge in [0.15, 0.2) is 0 Å². The Balaban J connectivity index is 2.10. The molecule has 2 aromatic rings. The molecule has 1 atom stereocenters. The fraction of sp³-hybridized carbons (Fsp3) is 0.450. The largest absolute Gasteiger partial charge is 0.253 e. The van der Waals surface area contributed by atoms with Crippen molar-refractivity contribution >= 4 is 16.5 Å². The predicted octanol–water partition coefficient (Wildman–Crippen LogP) is 6.00. The average Bonchev–Trinajstić information content (AvgIpc) is 2.54. The molecule has 2 heteroatoms. The minimum absolute atomic E-state index is 0.0853. The molecule has 0 spiro atoms. The van der Waals surface area contributed by atoms with Gasteiger partial charge < -0.3 is 0 Å². The number of hydrogen-bond donors (Lipinski definition) is 0. The highest BCUT2D eigenvalue weighted by Crippen LogP contribution is 2.38. The number of pyridine rings is 1. The maximum absolute atomic E-state index is 14.4. The topological polar surface area (TPSA) is 12.9 Å². The lowest BCUT2D eigenvalue weighted by molar-refractivity contribution is 0.424. The molecular formula is C20H24FN.